The smallest absolute Gasteiger partial charge is 0.267 e. The van der Waals surface area contributed by atoms with Crippen molar-refractivity contribution in [2.45, 2.75) is 32.4 Å². The van der Waals surface area contributed by atoms with Crippen molar-refractivity contribution < 1.29 is 19.1 Å². The number of hydrogen-bond acceptors (Lipinski definition) is 5. The van der Waals surface area contributed by atoms with Crippen molar-refractivity contribution in [3.05, 3.63) is 101 Å². The van der Waals surface area contributed by atoms with Gasteiger partial charge in [-0.25, -0.2) is 0 Å². The molecule has 2 aliphatic heterocycles. The summed E-state index contributed by atoms with van der Waals surface area (Å²) in [5, 5.41) is 3.12. The fourth-order valence-corrected chi connectivity index (χ4v) is 6.27. The average Bonchev–Trinajstić information content (AvgIpc) is 3.37. The number of nitrogens with zero attached hydrogens (tertiary/aromatic N) is 3. The van der Waals surface area contributed by atoms with Gasteiger partial charge in [0.1, 0.15) is 5.69 Å². The van der Waals surface area contributed by atoms with Crippen LogP contribution >= 0.6 is 0 Å². The van der Waals surface area contributed by atoms with Crippen molar-refractivity contribution in [1.29, 1.82) is 0 Å². The summed E-state index contributed by atoms with van der Waals surface area (Å²) in [6.45, 7) is 4.47. The average molecular weight is 579 g/mol. The molecule has 3 aromatic carbocycles. The number of hydrogen-bond donors (Lipinski definition) is 1. The molecule has 0 radical (unpaired) electrons. The van der Waals surface area contributed by atoms with E-state index in [1.165, 1.54) is 19.3 Å². The second-order valence-corrected chi connectivity index (χ2v) is 11.1. The second kappa shape index (κ2) is 12.8. The van der Waals surface area contributed by atoms with Crippen LogP contribution < -0.4 is 19.7 Å². The van der Waals surface area contributed by atoms with Crippen LogP contribution in [0.25, 0.3) is 11.1 Å². The van der Waals surface area contributed by atoms with Gasteiger partial charge in [-0.1, -0.05) is 55.0 Å². The van der Waals surface area contributed by atoms with E-state index in [0.29, 0.717) is 42.4 Å². The van der Waals surface area contributed by atoms with Crippen LogP contribution in [0.2, 0.25) is 0 Å². The lowest BCUT2D eigenvalue weighted by atomic mass is 10.0. The molecule has 222 valence electrons. The number of para-hydroxylation sites is 1. The van der Waals surface area contributed by atoms with Crippen molar-refractivity contribution in [3.63, 3.8) is 0 Å². The highest BCUT2D eigenvalue weighted by Crippen LogP contribution is 2.42. The number of carbonyl (C=O) groups is 2. The predicted molar refractivity (Wildman–Crippen MR) is 168 cm³/mol. The molecule has 0 saturated carbocycles. The quantitative estimate of drug-likeness (QED) is 0.295. The van der Waals surface area contributed by atoms with E-state index in [2.05, 4.69) is 10.2 Å². The summed E-state index contributed by atoms with van der Waals surface area (Å²) in [5.41, 5.74) is 5.47. The summed E-state index contributed by atoms with van der Waals surface area (Å²) >= 11 is 0. The third kappa shape index (κ3) is 5.75. The van der Waals surface area contributed by atoms with Crippen LogP contribution in [-0.4, -0.2) is 61.7 Å². The molecule has 2 aliphatic rings. The Labute approximate surface area is 252 Å². The summed E-state index contributed by atoms with van der Waals surface area (Å²) < 4.78 is 13.6. The monoisotopic (exact) mass is 578 g/mol. The Morgan fingerprint density at radius 1 is 0.791 bits per heavy atom. The number of piperidine rings is 1. The first-order chi connectivity index (χ1) is 21.1. The fourth-order valence-electron chi connectivity index (χ4n) is 6.27. The largest absolute Gasteiger partial charge is 0.492 e. The molecule has 3 heterocycles. The van der Waals surface area contributed by atoms with Crippen molar-refractivity contribution in [2.24, 2.45) is 0 Å². The van der Waals surface area contributed by atoms with E-state index in [1.807, 2.05) is 77.4 Å². The van der Waals surface area contributed by atoms with Gasteiger partial charge in [-0.3, -0.25) is 9.59 Å². The van der Waals surface area contributed by atoms with Gasteiger partial charge in [0.25, 0.3) is 11.8 Å². The molecule has 0 bridgehead atoms. The molecule has 4 aromatic rings. The molecule has 8 nitrogen and oxygen atoms in total. The molecule has 0 spiro atoms. The number of carbonyl (C=O) groups excluding carboxylic acids is 2. The van der Waals surface area contributed by atoms with Crippen LogP contribution in [0, 0.1) is 0 Å². The topological polar surface area (TPSA) is 76.0 Å². The Balaban J connectivity index is 1.30. The van der Waals surface area contributed by atoms with Gasteiger partial charge in [0.15, 0.2) is 11.5 Å². The number of benzene rings is 3. The molecule has 1 aromatic heterocycles. The van der Waals surface area contributed by atoms with Gasteiger partial charge in [0, 0.05) is 30.0 Å². The lowest BCUT2D eigenvalue weighted by molar-refractivity contribution is 0.0936. The highest BCUT2D eigenvalue weighted by atomic mass is 16.5. The zero-order valence-corrected chi connectivity index (χ0v) is 24.8. The van der Waals surface area contributed by atoms with Crippen molar-refractivity contribution in [2.75, 3.05) is 45.3 Å². The van der Waals surface area contributed by atoms with E-state index >= 15 is 0 Å². The molecule has 1 fully saturated rings. The molecule has 6 rings (SSSR count). The Hall–Kier alpha value is -4.56. The van der Waals surface area contributed by atoms with Crippen LogP contribution in [0.5, 0.6) is 11.5 Å². The summed E-state index contributed by atoms with van der Waals surface area (Å²) in [6, 6.07) is 25.3. The molecule has 0 atom stereocenters. The summed E-state index contributed by atoms with van der Waals surface area (Å²) in [5.74, 6) is 0.599. The van der Waals surface area contributed by atoms with Gasteiger partial charge in [-0.15, -0.1) is 0 Å². The number of rotatable bonds is 8. The van der Waals surface area contributed by atoms with E-state index in [4.69, 9.17) is 9.47 Å². The maximum Gasteiger partial charge on any atom is 0.267 e. The second-order valence-electron chi connectivity index (χ2n) is 11.1. The Bertz CT molecular complexity index is 1610. The summed E-state index contributed by atoms with van der Waals surface area (Å²) in [6.07, 6.45) is 3.74. The molecule has 2 amide bonds. The van der Waals surface area contributed by atoms with Crippen molar-refractivity contribution in [3.8, 4) is 22.6 Å². The van der Waals surface area contributed by atoms with E-state index < -0.39 is 0 Å². The first-order valence-corrected chi connectivity index (χ1v) is 15.0. The van der Waals surface area contributed by atoms with Gasteiger partial charge < -0.3 is 29.2 Å². The van der Waals surface area contributed by atoms with Gasteiger partial charge >= 0.3 is 0 Å². The minimum Gasteiger partial charge on any atom is -0.492 e. The van der Waals surface area contributed by atoms with Gasteiger partial charge in [0.05, 0.1) is 32.9 Å². The van der Waals surface area contributed by atoms with E-state index in [1.54, 1.807) is 25.2 Å². The summed E-state index contributed by atoms with van der Waals surface area (Å²) in [7, 11) is 3.15. The van der Waals surface area contributed by atoms with Crippen LogP contribution in [0.3, 0.4) is 0 Å². The van der Waals surface area contributed by atoms with Gasteiger partial charge in [0.2, 0.25) is 0 Å². The Morgan fingerprint density at radius 2 is 1.53 bits per heavy atom. The minimum atomic E-state index is -0.204. The number of aromatic nitrogens is 1. The van der Waals surface area contributed by atoms with E-state index in [9.17, 15) is 9.59 Å². The number of anilines is 1. The third-order valence-corrected chi connectivity index (χ3v) is 8.48. The van der Waals surface area contributed by atoms with Crippen molar-refractivity contribution in [1.82, 2.24) is 14.8 Å². The lowest BCUT2D eigenvalue weighted by Crippen LogP contribution is -2.38. The molecule has 1 saturated heterocycles. The standard InChI is InChI=1S/C35H38N4O4/c1-42-32-28(25-11-5-3-6-12-25)16-17-29(33(32)43-2)35(41)39-24-27-15-18-31(38(27)23-26-13-7-8-14-30(26)39)34(40)36-19-22-37-20-9-4-10-21-37/h3,5-8,11-18H,4,9-10,19-24H2,1-2H3,(H,36,40). The molecule has 1 N–H and O–H groups in total. The molecule has 0 aliphatic carbocycles. The highest BCUT2D eigenvalue weighted by Gasteiger charge is 2.30. The zero-order valence-electron chi connectivity index (χ0n) is 24.8. The van der Waals surface area contributed by atoms with E-state index in [-0.39, 0.29) is 11.8 Å². The fraction of sp³-hybridized carbons (Fsp3) is 0.314. The first kappa shape index (κ1) is 28.6. The minimum absolute atomic E-state index is 0.0941. The summed E-state index contributed by atoms with van der Waals surface area (Å²) in [4.78, 5) is 31.9. The Kier molecular flexibility index (Phi) is 8.47. The van der Waals surface area contributed by atoms with Crippen LogP contribution in [0.15, 0.2) is 78.9 Å². The van der Waals surface area contributed by atoms with E-state index in [0.717, 1.165) is 47.7 Å². The molecular weight excluding hydrogens is 540 g/mol. The SMILES string of the molecule is COc1c(C(=O)N2Cc3ccc(C(=O)NCCN4CCCCC4)n3Cc3ccccc32)ccc(-c2ccccc2)c1OC. The van der Waals surface area contributed by atoms with Crippen LogP contribution in [-0.2, 0) is 13.1 Å². The number of nitrogens with one attached hydrogen (secondary N) is 1. The Morgan fingerprint density at radius 3 is 2.30 bits per heavy atom. The van der Waals surface area contributed by atoms with Crippen molar-refractivity contribution >= 4 is 17.5 Å². The molecule has 0 unspecified atom stereocenters. The number of ether oxygens (including phenoxy) is 2. The van der Waals surface area contributed by atoms with Crippen LogP contribution in [0.1, 0.15) is 51.4 Å². The van der Waals surface area contributed by atoms with Crippen LogP contribution in [0.4, 0.5) is 5.69 Å². The normalized spacial score (nSPS) is 14.8. The first-order valence-electron chi connectivity index (χ1n) is 15.0. The number of fused-ring (bicyclic) bond motifs is 2. The van der Waals surface area contributed by atoms with Gasteiger partial charge in [-0.05, 0) is 67.4 Å². The maximum atomic E-state index is 14.4. The number of amides is 2. The maximum absolute atomic E-state index is 14.4. The third-order valence-electron chi connectivity index (χ3n) is 8.48. The highest BCUT2D eigenvalue weighted by molar-refractivity contribution is 6.09. The molecular formula is C35H38N4O4. The predicted octanol–water partition coefficient (Wildman–Crippen LogP) is 5.60. The number of methoxy groups -OCH3 is 2. The lowest BCUT2D eigenvalue weighted by Gasteiger charge is -2.26. The zero-order chi connectivity index (χ0) is 29.8. The molecule has 8 heteroatoms. The number of likely N-dealkylation sites (tertiary alicyclic amines) is 1. The van der Waals surface area contributed by atoms with Gasteiger partial charge in [-0.2, -0.15) is 0 Å². The molecule has 43 heavy (non-hydrogen) atoms.